The molecule has 0 heterocycles. The van der Waals surface area contributed by atoms with E-state index < -0.39 is 11.9 Å². The average Bonchev–Trinajstić information content (AvgIpc) is 1.36. The topological polar surface area (TPSA) is 80.3 Å². The van der Waals surface area contributed by atoms with Crippen LogP contribution in [0.5, 0.6) is 0 Å². The molecule has 0 bridgehead atoms. The van der Waals surface area contributed by atoms with E-state index in [-0.39, 0.29) is 35.9 Å². The Bertz CT molecular complexity index is 80.0. The maximum atomic E-state index is 8.93. The summed E-state index contributed by atoms with van der Waals surface area (Å²) in [6.45, 7) is 0. The van der Waals surface area contributed by atoms with E-state index >= 15 is 0 Å². The van der Waals surface area contributed by atoms with E-state index in [4.69, 9.17) is 19.8 Å². The molecule has 0 aromatic carbocycles. The molecule has 0 aromatic rings. The zero-order valence-corrected chi connectivity index (χ0v) is 5.09. The fourth-order valence-electron chi connectivity index (χ4n) is 0. The molecule has 0 N–H and O–H groups in total. The largest absolute Gasteiger partial charge is 2.00 e. The van der Waals surface area contributed by atoms with Crippen LogP contribution in [-0.2, 0) is 26.7 Å². The summed E-state index contributed by atoms with van der Waals surface area (Å²) in [5.74, 6) is -4.37. The predicted octanol–water partition coefficient (Wildman–Crippen LogP) is -6.51. The summed E-state index contributed by atoms with van der Waals surface area (Å²) < 4.78 is 0. The number of rotatable bonds is 0. The number of hydrogen-bond acceptors (Lipinski definition) is 4. The van der Waals surface area contributed by atoms with Crippen LogP contribution in [0.2, 0.25) is 0 Å². The van der Waals surface area contributed by atoms with Gasteiger partial charge in [-0.05, 0) is 0 Å². The van der Waals surface area contributed by atoms with Crippen LogP contribution in [-0.4, -0.2) is 11.9 Å². The SMILES string of the molecule is O=C([O-])C(=O)[O-].[Fe+2].[Li+]. The number of hydrogen-bond donors (Lipinski definition) is 0. The quantitative estimate of drug-likeness (QED) is 0.254. The van der Waals surface area contributed by atoms with Gasteiger partial charge in [0.2, 0.25) is 0 Å². The van der Waals surface area contributed by atoms with E-state index in [9.17, 15) is 0 Å². The summed E-state index contributed by atoms with van der Waals surface area (Å²) in [5, 5.41) is 17.9. The van der Waals surface area contributed by atoms with Crippen molar-refractivity contribution in [2.45, 2.75) is 0 Å². The van der Waals surface area contributed by atoms with Crippen LogP contribution in [0.25, 0.3) is 0 Å². The molecule has 8 heavy (non-hydrogen) atoms. The average molecular weight is 151 g/mol. The van der Waals surface area contributed by atoms with Crippen molar-refractivity contribution in [3.8, 4) is 0 Å². The smallest absolute Gasteiger partial charge is 0.543 e. The predicted molar refractivity (Wildman–Crippen MR) is 10.0 cm³/mol. The van der Waals surface area contributed by atoms with Gasteiger partial charge in [-0.1, -0.05) is 0 Å². The minimum Gasteiger partial charge on any atom is -0.543 e. The minimum absolute atomic E-state index is 0. The molecular weight excluding hydrogens is 151 g/mol. The van der Waals surface area contributed by atoms with Crippen molar-refractivity contribution in [2.75, 3.05) is 0 Å². The van der Waals surface area contributed by atoms with Crippen LogP contribution in [0.1, 0.15) is 0 Å². The van der Waals surface area contributed by atoms with Crippen molar-refractivity contribution in [1.29, 1.82) is 0 Å². The maximum Gasteiger partial charge on any atom is 2.00 e. The molecule has 0 aromatic heterocycles. The van der Waals surface area contributed by atoms with Crippen molar-refractivity contribution in [2.24, 2.45) is 0 Å². The second-order valence-electron chi connectivity index (χ2n) is 0.575. The zero-order valence-electron chi connectivity index (χ0n) is 3.99. The molecule has 0 radical (unpaired) electrons. The maximum absolute atomic E-state index is 8.93. The molecule has 0 amide bonds. The number of carboxylic acid groups (broad SMARTS) is 2. The van der Waals surface area contributed by atoms with Crippen molar-refractivity contribution in [3.05, 3.63) is 0 Å². The number of carboxylic acids is 2. The van der Waals surface area contributed by atoms with Gasteiger partial charge in [0.15, 0.2) is 0 Å². The Balaban J connectivity index is -0.000000125. The van der Waals surface area contributed by atoms with Crippen molar-refractivity contribution >= 4 is 11.9 Å². The van der Waals surface area contributed by atoms with Gasteiger partial charge >= 0.3 is 35.9 Å². The number of carbonyl (C=O) groups excluding carboxylic acids is 2. The minimum atomic E-state index is -2.19. The van der Waals surface area contributed by atoms with Crippen molar-refractivity contribution in [3.63, 3.8) is 0 Å². The molecule has 0 aliphatic heterocycles. The van der Waals surface area contributed by atoms with E-state index in [0.29, 0.717) is 0 Å². The molecule has 4 nitrogen and oxygen atoms in total. The molecule has 0 spiro atoms. The van der Waals surface area contributed by atoms with Gasteiger partial charge in [0.25, 0.3) is 0 Å². The molecule has 0 unspecified atom stereocenters. The van der Waals surface area contributed by atoms with Gasteiger partial charge < -0.3 is 19.8 Å². The van der Waals surface area contributed by atoms with E-state index in [1.807, 2.05) is 0 Å². The summed E-state index contributed by atoms with van der Waals surface area (Å²) in [7, 11) is 0. The van der Waals surface area contributed by atoms with E-state index in [1.165, 1.54) is 0 Å². The molecule has 0 saturated carbocycles. The molecule has 40 valence electrons. The third-order valence-electron chi connectivity index (χ3n) is 0.167. The van der Waals surface area contributed by atoms with Gasteiger partial charge in [0.05, 0.1) is 11.9 Å². The van der Waals surface area contributed by atoms with Crippen molar-refractivity contribution in [1.82, 2.24) is 0 Å². The molecule has 0 atom stereocenters. The first-order valence-corrected chi connectivity index (χ1v) is 1.07. The van der Waals surface area contributed by atoms with Gasteiger partial charge in [-0.15, -0.1) is 0 Å². The first-order chi connectivity index (χ1) is 2.64. The first kappa shape index (κ1) is 15.7. The van der Waals surface area contributed by atoms with Crippen LogP contribution in [0.4, 0.5) is 0 Å². The van der Waals surface area contributed by atoms with Crippen LogP contribution in [0.15, 0.2) is 0 Å². The summed E-state index contributed by atoms with van der Waals surface area (Å²) in [4.78, 5) is 17.9. The monoisotopic (exact) mass is 151 g/mol. The Kier molecular flexibility index (Phi) is 13.8. The Hall–Kier alpha value is 0.0569. The Labute approximate surface area is 67.9 Å². The van der Waals surface area contributed by atoms with Crippen LogP contribution in [0.3, 0.4) is 0 Å². The summed E-state index contributed by atoms with van der Waals surface area (Å²) in [5.41, 5.74) is 0. The summed E-state index contributed by atoms with van der Waals surface area (Å²) in [6.07, 6.45) is 0. The summed E-state index contributed by atoms with van der Waals surface area (Å²) in [6, 6.07) is 0. The van der Waals surface area contributed by atoms with Gasteiger partial charge in [-0.25, -0.2) is 0 Å². The molecular formula is C2FeLiO4+. The van der Waals surface area contributed by atoms with Gasteiger partial charge in [0, 0.05) is 0 Å². The zero-order chi connectivity index (χ0) is 5.15. The van der Waals surface area contributed by atoms with Crippen LogP contribution in [0, 0.1) is 0 Å². The van der Waals surface area contributed by atoms with Gasteiger partial charge in [-0.3, -0.25) is 0 Å². The molecule has 0 aliphatic carbocycles. The third kappa shape index (κ3) is 9.41. The molecule has 6 heteroatoms. The Morgan fingerprint density at radius 3 is 1.12 bits per heavy atom. The van der Waals surface area contributed by atoms with E-state index in [1.54, 1.807) is 0 Å². The molecule has 0 aliphatic rings. The normalized spacial score (nSPS) is 5.50. The molecule has 0 fully saturated rings. The van der Waals surface area contributed by atoms with E-state index in [0.717, 1.165) is 0 Å². The molecule has 0 saturated heterocycles. The van der Waals surface area contributed by atoms with Gasteiger partial charge in [0.1, 0.15) is 0 Å². The summed E-state index contributed by atoms with van der Waals surface area (Å²) >= 11 is 0. The Morgan fingerprint density at radius 1 is 1.00 bits per heavy atom. The van der Waals surface area contributed by atoms with E-state index in [2.05, 4.69) is 0 Å². The van der Waals surface area contributed by atoms with Gasteiger partial charge in [-0.2, -0.15) is 0 Å². The number of aliphatic carboxylic acids is 2. The second kappa shape index (κ2) is 7.06. The van der Waals surface area contributed by atoms with Crippen LogP contribution >= 0.6 is 0 Å². The fraction of sp³-hybridized carbons (Fsp3) is 0. The second-order valence-corrected chi connectivity index (χ2v) is 0.575. The molecule has 0 rings (SSSR count). The van der Waals surface area contributed by atoms with Crippen molar-refractivity contribution < 1.29 is 55.7 Å². The third-order valence-corrected chi connectivity index (χ3v) is 0.167. The fourth-order valence-corrected chi connectivity index (χ4v) is 0. The standard InChI is InChI=1S/C2H2O4.Fe.Li/c3-1(4)2(5)6;;/h(H,3,4)(H,5,6);;/q;+2;+1/p-2. The Morgan fingerprint density at radius 2 is 1.12 bits per heavy atom. The first-order valence-electron chi connectivity index (χ1n) is 1.07. The number of carbonyl (C=O) groups is 2. The van der Waals surface area contributed by atoms with Crippen LogP contribution < -0.4 is 29.1 Å².